The Bertz CT molecular complexity index is 1390. The van der Waals surface area contributed by atoms with Gasteiger partial charge in [0.05, 0.1) is 22.1 Å². The number of azo groups is 1. The van der Waals surface area contributed by atoms with Crippen LogP contribution in [0.3, 0.4) is 0 Å². The van der Waals surface area contributed by atoms with Crippen molar-refractivity contribution in [2.75, 3.05) is 0 Å². The Morgan fingerprint density at radius 3 is 2.19 bits per heavy atom. The molecule has 4 aromatic rings. The van der Waals surface area contributed by atoms with E-state index in [1.165, 1.54) is 9.13 Å². The molecule has 0 bridgehead atoms. The fourth-order valence-corrected chi connectivity index (χ4v) is 3.64. The lowest BCUT2D eigenvalue weighted by molar-refractivity contribution is 0.432. The zero-order chi connectivity index (χ0) is 22.0. The lowest BCUT2D eigenvalue weighted by Gasteiger charge is -2.16. The van der Waals surface area contributed by atoms with Gasteiger partial charge in [-0.2, -0.15) is 5.11 Å². The predicted molar refractivity (Wildman–Crippen MR) is 124 cm³/mol. The van der Waals surface area contributed by atoms with Crippen LogP contribution < -0.4 is 5.56 Å². The third-order valence-electron chi connectivity index (χ3n) is 4.62. The zero-order valence-electron chi connectivity index (χ0n) is 16.4. The van der Waals surface area contributed by atoms with E-state index in [1.807, 2.05) is 25.1 Å². The van der Waals surface area contributed by atoms with Gasteiger partial charge < -0.3 is 5.11 Å². The van der Waals surface area contributed by atoms with Crippen LogP contribution in [0.25, 0.3) is 11.4 Å². The molecule has 0 aliphatic heterocycles. The predicted octanol–water partition coefficient (Wildman–Crippen LogP) is 6.44. The fraction of sp³-hybridized carbons (Fsp3) is 0.0435. The Morgan fingerprint density at radius 1 is 0.871 bits per heavy atom. The first-order chi connectivity index (χ1) is 15.0. The Morgan fingerprint density at radius 2 is 1.52 bits per heavy atom. The van der Waals surface area contributed by atoms with Gasteiger partial charge in [0.15, 0.2) is 4.77 Å². The maximum Gasteiger partial charge on any atom is 0.290 e. The maximum atomic E-state index is 13.3. The summed E-state index contributed by atoms with van der Waals surface area (Å²) in [5, 5.41) is 19.6. The van der Waals surface area contributed by atoms with Crippen molar-refractivity contribution in [2.24, 2.45) is 10.2 Å². The Hall–Kier alpha value is -3.55. The molecule has 0 amide bonds. The van der Waals surface area contributed by atoms with Crippen LogP contribution in [0.1, 0.15) is 5.56 Å². The van der Waals surface area contributed by atoms with Crippen molar-refractivity contribution in [3.8, 4) is 17.3 Å². The number of rotatable bonds is 4. The molecule has 4 rings (SSSR count). The molecule has 1 N–H and O–H groups in total. The van der Waals surface area contributed by atoms with Gasteiger partial charge in [0.25, 0.3) is 5.56 Å². The highest BCUT2D eigenvalue weighted by atomic mass is 35.5. The molecular weight excluding hydrogens is 432 g/mol. The Kier molecular flexibility index (Phi) is 5.79. The van der Waals surface area contributed by atoms with Gasteiger partial charge in [-0.1, -0.05) is 59.6 Å². The molecule has 0 radical (unpaired) electrons. The third kappa shape index (κ3) is 4.05. The van der Waals surface area contributed by atoms with Gasteiger partial charge in [0, 0.05) is 0 Å². The number of benzene rings is 3. The van der Waals surface area contributed by atoms with Gasteiger partial charge in [-0.3, -0.25) is 13.9 Å². The second-order valence-corrected chi connectivity index (χ2v) is 7.53. The number of aromatic hydroxyl groups is 1. The molecule has 6 nitrogen and oxygen atoms in total. The molecule has 8 heteroatoms. The Labute approximate surface area is 188 Å². The van der Waals surface area contributed by atoms with Crippen LogP contribution in [0.5, 0.6) is 5.88 Å². The van der Waals surface area contributed by atoms with Crippen LogP contribution >= 0.6 is 23.8 Å². The van der Waals surface area contributed by atoms with E-state index in [-0.39, 0.29) is 10.5 Å². The van der Waals surface area contributed by atoms with Crippen molar-refractivity contribution in [1.29, 1.82) is 0 Å². The number of hydrogen-bond acceptors (Lipinski definition) is 5. The fourth-order valence-electron chi connectivity index (χ4n) is 3.05. The average molecular weight is 449 g/mol. The van der Waals surface area contributed by atoms with Crippen molar-refractivity contribution in [3.63, 3.8) is 0 Å². The number of hydrogen-bond donors (Lipinski definition) is 1. The van der Waals surface area contributed by atoms with Crippen molar-refractivity contribution in [3.05, 3.63) is 105 Å². The summed E-state index contributed by atoms with van der Waals surface area (Å²) in [6.07, 6.45) is 0. The minimum absolute atomic E-state index is 0.0519. The molecule has 1 aromatic heterocycles. The second-order valence-electron chi connectivity index (χ2n) is 6.75. The van der Waals surface area contributed by atoms with Crippen LogP contribution in [-0.4, -0.2) is 14.2 Å². The molecular formula is C23H17ClN4O2S. The minimum Gasteiger partial charge on any atom is -0.492 e. The number of para-hydroxylation sites is 2. The van der Waals surface area contributed by atoms with Crippen molar-refractivity contribution >= 4 is 35.2 Å². The summed E-state index contributed by atoms with van der Waals surface area (Å²) in [4.78, 5) is 13.3. The average Bonchev–Trinajstić information content (AvgIpc) is 2.77. The summed E-state index contributed by atoms with van der Waals surface area (Å²) in [6, 6.07) is 23.1. The molecule has 0 fully saturated rings. The van der Waals surface area contributed by atoms with E-state index in [4.69, 9.17) is 23.8 Å². The summed E-state index contributed by atoms with van der Waals surface area (Å²) >= 11 is 11.9. The van der Waals surface area contributed by atoms with E-state index in [1.54, 1.807) is 60.7 Å². The van der Waals surface area contributed by atoms with Crippen molar-refractivity contribution < 1.29 is 5.11 Å². The number of halogens is 1. The molecule has 1 heterocycles. The van der Waals surface area contributed by atoms with Gasteiger partial charge >= 0.3 is 0 Å². The molecule has 0 saturated heterocycles. The van der Waals surface area contributed by atoms with E-state index in [9.17, 15) is 9.90 Å². The first-order valence-corrected chi connectivity index (χ1v) is 10.2. The standard InChI is InChI=1S/C23H17ClN4O2S/c1-15-11-13-16(14-12-15)25-26-20-21(29)27(17-7-3-2-4-8-17)23(31)28(22(20)30)19-10-6-5-9-18(19)24/h2-14,30H,1H3. The number of aromatic nitrogens is 2. The summed E-state index contributed by atoms with van der Waals surface area (Å²) in [6.45, 7) is 1.96. The molecule has 154 valence electrons. The molecule has 3 aromatic carbocycles. The molecule has 0 saturated carbocycles. The van der Waals surface area contributed by atoms with E-state index < -0.39 is 11.4 Å². The van der Waals surface area contributed by atoms with E-state index in [2.05, 4.69) is 10.2 Å². The summed E-state index contributed by atoms with van der Waals surface area (Å²) in [5.41, 5.74) is 1.72. The zero-order valence-corrected chi connectivity index (χ0v) is 18.0. The summed E-state index contributed by atoms with van der Waals surface area (Å²) in [5.74, 6) is -0.439. The van der Waals surface area contributed by atoms with E-state index in [0.29, 0.717) is 22.1 Å². The SMILES string of the molecule is Cc1ccc(N=Nc2c(O)n(-c3ccccc3Cl)c(=S)n(-c3ccccc3)c2=O)cc1. The Balaban J connectivity index is 2.02. The molecule has 31 heavy (non-hydrogen) atoms. The molecule has 0 unspecified atom stereocenters. The largest absolute Gasteiger partial charge is 0.492 e. The lowest BCUT2D eigenvalue weighted by atomic mass is 10.2. The normalized spacial score (nSPS) is 11.2. The highest BCUT2D eigenvalue weighted by molar-refractivity contribution is 7.71. The molecule has 0 aliphatic rings. The van der Waals surface area contributed by atoms with Crippen LogP contribution in [0.2, 0.25) is 5.02 Å². The first kappa shape index (κ1) is 20.7. The van der Waals surface area contributed by atoms with Crippen LogP contribution in [-0.2, 0) is 0 Å². The van der Waals surface area contributed by atoms with Gasteiger partial charge in [0.1, 0.15) is 0 Å². The summed E-state index contributed by atoms with van der Waals surface area (Å²) in [7, 11) is 0. The van der Waals surface area contributed by atoms with Gasteiger partial charge in [-0.05, 0) is 55.5 Å². The molecule has 0 aliphatic carbocycles. The van der Waals surface area contributed by atoms with Gasteiger partial charge in [0.2, 0.25) is 11.6 Å². The third-order valence-corrected chi connectivity index (χ3v) is 5.30. The minimum atomic E-state index is -0.590. The van der Waals surface area contributed by atoms with Crippen LogP contribution in [0.15, 0.2) is 93.9 Å². The van der Waals surface area contributed by atoms with E-state index in [0.717, 1.165) is 5.56 Å². The highest BCUT2D eigenvalue weighted by Crippen LogP contribution is 2.31. The summed E-state index contributed by atoms with van der Waals surface area (Å²) < 4.78 is 2.66. The maximum absolute atomic E-state index is 13.3. The monoisotopic (exact) mass is 448 g/mol. The number of nitrogens with zero attached hydrogens (tertiary/aromatic N) is 4. The van der Waals surface area contributed by atoms with Crippen molar-refractivity contribution in [2.45, 2.75) is 6.92 Å². The van der Waals surface area contributed by atoms with Crippen LogP contribution in [0, 0.1) is 11.7 Å². The topological polar surface area (TPSA) is 71.9 Å². The van der Waals surface area contributed by atoms with Gasteiger partial charge in [-0.15, -0.1) is 5.11 Å². The van der Waals surface area contributed by atoms with Gasteiger partial charge in [-0.25, -0.2) is 0 Å². The second kappa shape index (κ2) is 8.67. The molecule has 0 atom stereocenters. The highest BCUT2D eigenvalue weighted by Gasteiger charge is 2.20. The van der Waals surface area contributed by atoms with Crippen LogP contribution in [0.4, 0.5) is 11.4 Å². The lowest BCUT2D eigenvalue weighted by Crippen LogP contribution is -2.23. The van der Waals surface area contributed by atoms with Crippen molar-refractivity contribution in [1.82, 2.24) is 9.13 Å². The number of aryl methyl sites for hydroxylation is 1. The smallest absolute Gasteiger partial charge is 0.290 e. The van der Waals surface area contributed by atoms with E-state index >= 15 is 0 Å². The first-order valence-electron chi connectivity index (χ1n) is 9.37. The molecule has 0 spiro atoms. The quantitative estimate of drug-likeness (QED) is 0.288.